The predicted molar refractivity (Wildman–Crippen MR) is 53.2 cm³/mol. The Morgan fingerprint density at radius 1 is 1.47 bits per heavy atom. The standard InChI is InChI=1S/C10H13FN2O2/c11-8-3-1-7(2-4-8)9(13-6-14)5-10(12)15/h1-4,9,13-14H,5-6H2,(H2,12,15)/t9-/m1/s1. The molecule has 0 fully saturated rings. The number of nitrogens with two attached hydrogens (primary N) is 1. The SMILES string of the molecule is NC(=O)C[C@@H](NCO)c1ccc(F)cc1. The molecule has 1 amide bonds. The molecule has 0 spiro atoms. The van der Waals surface area contributed by atoms with Crippen LogP contribution in [0.25, 0.3) is 0 Å². The van der Waals surface area contributed by atoms with Gasteiger partial charge in [-0.15, -0.1) is 0 Å². The highest BCUT2D eigenvalue weighted by molar-refractivity contribution is 5.74. The van der Waals surface area contributed by atoms with Gasteiger partial charge < -0.3 is 10.8 Å². The van der Waals surface area contributed by atoms with E-state index in [1.165, 1.54) is 12.1 Å². The molecule has 0 bridgehead atoms. The maximum absolute atomic E-state index is 12.6. The maximum atomic E-state index is 12.6. The van der Waals surface area contributed by atoms with Crippen molar-refractivity contribution in [2.45, 2.75) is 12.5 Å². The quantitative estimate of drug-likeness (QED) is 0.614. The Morgan fingerprint density at radius 2 is 2.07 bits per heavy atom. The molecule has 0 heterocycles. The summed E-state index contributed by atoms with van der Waals surface area (Å²) in [5.74, 6) is -0.828. The predicted octanol–water partition coefficient (Wildman–Crippen LogP) is 0.282. The summed E-state index contributed by atoms with van der Waals surface area (Å²) in [7, 11) is 0. The molecule has 1 rings (SSSR count). The van der Waals surface area contributed by atoms with Crippen molar-refractivity contribution in [2.24, 2.45) is 5.73 Å². The van der Waals surface area contributed by atoms with Gasteiger partial charge >= 0.3 is 0 Å². The Kier molecular flexibility index (Phi) is 4.20. The van der Waals surface area contributed by atoms with Gasteiger partial charge in [0, 0.05) is 12.5 Å². The van der Waals surface area contributed by atoms with Crippen LogP contribution in [-0.4, -0.2) is 17.7 Å². The van der Waals surface area contributed by atoms with Crippen LogP contribution in [0.2, 0.25) is 0 Å². The minimum absolute atomic E-state index is 0.0617. The van der Waals surface area contributed by atoms with Crippen molar-refractivity contribution in [2.75, 3.05) is 6.73 Å². The maximum Gasteiger partial charge on any atom is 0.219 e. The molecule has 82 valence electrons. The summed E-state index contributed by atoms with van der Waals surface area (Å²) >= 11 is 0. The summed E-state index contributed by atoms with van der Waals surface area (Å²) in [5, 5.41) is 11.4. The van der Waals surface area contributed by atoms with Crippen molar-refractivity contribution in [3.8, 4) is 0 Å². The van der Waals surface area contributed by atoms with E-state index >= 15 is 0 Å². The number of benzene rings is 1. The van der Waals surface area contributed by atoms with Crippen LogP contribution in [0.3, 0.4) is 0 Å². The molecule has 1 aromatic carbocycles. The lowest BCUT2D eigenvalue weighted by atomic mass is 10.0. The second-order valence-corrected chi connectivity index (χ2v) is 3.14. The van der Waals surface area contributed by atoms with E-state index in [-0.39, 0.29) is 25.0 Å². The molecule has 5 heteroatoms. The van der Waals surface area contributed by atoms with E-state index in [2.05, 4.69) is 5.32 Å². The highest BCUT2D eigenvalue weighted by atomic mass is 19.1. The zero-order valence-electron chi connectivity index (χ0n) is 8.11. The summed E-state index contributed by atoms with van der Waals surface area (Å²) in [6.07, 6.45) is 0.0617. The first-order chi connectivity index (χ1) is 7.13. The van der Waals surface area contributed by atoms with Gasteiger partial charge in [-0.2, -0.15) is 0 Å². The molecule has 0 aliphatic carbocycles. The van der Waals surface area contributed by atoms with Crippen LogP contribution in [0.1, 0.15) is 18.0 Å². The lowest BCUT2D eigenvalue weighted by molar-refractivity contribution is -0.118. The zero-order valence-corrected chi connectivity index (χ0v) is 8.11. The molecule has 1 aromatic rings. The second-order valence-electron chi connectivity index (χ2n) is 3.14. The summed E-state index contributed by atoms with van der Waals surface area (Å²) in [5.41, 5.74) is 5.77. The van der Waals surface area contributed by atoms with E-state index < -0.39 is 5.91 Å². The number of carbonyl (C=O) groups is 1. The molecule has 0 saturated carbocycles. The monoisotopic (exact) mass is 212 g/mol. The second kappa shape index (κ2) is 5.43. The first kappa shape index (κ1) is 11.6. The number of aliphatic hydroxyl groups is 1. The van der Waals surface area contributed by atoms with E-state index in [9.17, 15) is 9.18 Å². The third-order valence-electron chi connectivity index (χ3n) is 2.02. The molecule has 0 radical (unpaired) electrons. The van der Waals surface area contributed by atoms with E-state index in [1.807, 2.05) is 0 Å². The molecule has 15 heavy (non-hydrogen) atoms. The average Bonchev–Trinajstić information content (AvgIpc) is 2.17. The molecule has 0 aromatic heterocycles. The normalized spacial score (nSPS) is 12.4. The van der Waals surface area contributed by atoms with Gasteiger partial charge in [-0.25, -0.2) is 4.39 Å². The molecular formula is C10H13FN2O2. The van der Waals surface area contributed by atoms with E-state index in [0.717, 1.165) is 0 Å². The third-order valence-corrected chi connectivity index (χ3v) is 2.02. The Bertz CT molecular complexity index is 327. The smallest absolute Gasteiger partial charge is 0.219 e. The number of halogens is 1. The fraction of sp³-hybridized carbons (Fsp3) is 0.300. The number of nitrogens with one attached hydrogen (secondary N) is 1. The van der Waals surface area contributed by atoms with Crippen LogP contribution in [0.4, 0.5) is 4.39 Å². The van der Waals surface area contributed by atoms with Gasteiger partial charge in [0.15, 0.2) is 0 Å². The Balaban J connectivity index is 2.78. The van der Waals surface area contributed by atoms with Crippen molar-refractivity contribution < 1.29 is 14.3 Å². The number of rotatable bonds is 5. The molecule has 0 aliphatic rings. The number of primary amides is 1. The van der Waals surface area contributed by atoms with Gasteiger partial charge in [0.2, 0.25) is 5.91 Å². The Hall–Kier alpha value is -1.46. The highest BCUT2D eigenvalue weighted by Gasteiger charge is 2.13. The molecule has 0 unspecified atom stereocenters. The molecule has 4 N–H and O–H groups in total. The Labute approximate surface area is 86.9 Å². The first-order valence-corrected chi connectivity index (χ1v) is 4.51. The van der Waals surface area contributed by atoms with Gasteiger partial charge in [-0.1, -0.05) is 12.1 Å². The molecule has 4 nitrogen and oxygen atoms in total. The van der Waals surface area contributed by atoms with Crippen LogP contribution < -0.4 is 11.1 Å². The fourth-order valence-electron chi connectivity index (χ4n) is 1.31. The van der Waals surface area contributed by atoms with Gasteiger partial charge in [-0.05, 0) is 17.7 Å². The van der Waals surface area contributed by atoms with Crippen molar-refractivity contribution in [1.29, 1.82) is 0 Å². The van der Waals surface area contributed by atoms with Gasteiger partial charge in [-0.3, -0.25) is 10.1 Å². The van der Waals surface area contributed by atoms with Crippen LogP contribution in [0.15, 0.2) is 24.3 Å². The first-order valence-electron chi connectivity index (χ1n) is 4.51. The third kappa shape index (κ3) is 3.65. The van der Waals surface area contributed by atoms with Crippen LogP contribution in [-0.2, 0) is 4.79 Å². The lowest BCUT2D eigenvalue weighted by Gasteiger charge is -2.15. The molecule has 0 saturated heterocycles. The topological polar surface area (TPSA) is 75.4 Å². The van der Waals surface area contributed by atoms with Crippen molar-refractivity contribution in [1.82, 2.24) is 5.32 Å². The number of amides is 1. The van der Waals surface area contributed by atoms with E-state index in [0.29, 0.717) is 5.56 Å². The Morgan fingerprint density at radius 3 is 2.53 bits per heavy atom. The minimum atomic E-state index is -0.481. The van der Waals surface area contributed by atoms with Crippen molar-refractivity contribution >= 4 is 5.91 Å². The summed E-state index contributed by atoms with van der Waals surface area (Å²) in [4.78, 5) is 10.8. The number of hydrogen-bond acceptors (Lipinski definition) is 3. The van der Waals surface area contributed by atoms with Gasteiger partial charge in [0.1, 0.15) is 5.82 Å². The van der Waals surface area contributed by atoms with Gasteiger partial charge in [0.25, 0.3) is 0 Å². The molecule has 1 atom stereocenters. The molecular weight excluding hydrogens is 199 g/mol. The summed E-state index contributed by atoms with van der Waals surface area (Å²) < 4.78 is 12.6. The lowest BCUT2D eigenvalue weighted by Crippen LogP contribution is -2.27. The number of carbonyl (C=O) groups excluding carboxylic acids is 1. The van der Waals surface area contributed by atoms with Crippen LogP contribution >= 0.6 is 0 Å². The van der Waals surface area contributed by atoms with Crippen molar-refractivity contribution in [3.05, 3.63) is 35.6 Å². The summed E-state index contributed by atoms with van der Waals surface area (Å²) in [6.45, 7) is -0.269. The highest BCUT2D eigenvalue weighted by Crippen LogP contribution is 2.16. The van der Waals surface area contributed by atoms with E-state index in [1.54, 1.807) is 12.1 Å². The average molecular weight is 212 g/mol. The van der Waals surface area contributed by atoms with E-state index in [4.69, 9.17) is 10.8 Å². The summed E-state index contributed by atoms with van der Waals surface area (Å²) in [6, 6.07) is 5.30. The van der Waals surface area contributed by atoms with Gasteiger partial charge in [0.05, 0.1) is 6.73 Å². The van der Waals surface area contributed by atoms with Crippen molar-refractivity contribution in [3.63, 3.8) is 0 Å². The van der Waals surface area contributed by atoms with Crippen LogP contribution in [0.5, 0.6) is 0 Å². The molecule has 0 aliphatic heterocycles. The number of aliphatic hydroxyl groups excluding tert-OH is 1. The van der Waals surface area contributed by atoms with Crippen LogP contribution in [0, 0.1) is 5.82 Å². The largest absolute Gasteiger partial charge is 0.381 e. The fourth-order valence-corrected chi connectivity index (χ4v) is 1.31. The minimum Gasteiger partial charge on any atom is -0.381 e. The number of hydrogen-bond donors (Lipinski definition) is 3. The zero-order chi connectivity index (χ0) is 11.3.